The molecule has 1 heterocycles. The van der Waals surface area contributed by atoms with Crippen molar-refractivity contribution in [3.8, 4) is 0 Å². The Kier molecular flexibility index (Phi) is 2.05. The predicted molar refractivity (Wildman–Crippen MR) is 44.9 cm³/mol. The summed E-state index contributed by atoms with van der Waals surface area (Å²) in [7, 11) is 0. The third-order valence-electron chi connectivity index (χ3n) is 3.26. The summed E-state index contributed by atoms with van der Waals surface area (Å²) >= 11 is 0. The molecule has 2 aliphatic rings. The first-order chi connectivity index (χ1) is 5.79. The highest BCUT2D eigenvalue weighted by atomic mass is 16.4. The molecule has 0 bridgehead atoms. The predicted octanol–water partition coefficient (Wildman–Crippen LogP) is 0.849. The first kappa shape index (κ1) is 8.05. The number of rotatable bonds is 1. The maximum Gasteiger partial charge on any atom is 0.320 e. The van der Waals surface area contributed by atoms with Gasteiger partial charge in [-0.2, -0.15) is 0 Å². The van der Waals surface area contributed by atoms with Crippen LogP contribution in [0.4, 0.5) is 0 Å². The van der Waals surface area contributed by atoms with E-state index in [-0.39, 0.29) is 6.04 Å². The van der Waals surface area contributed by atoms with E-state index in [0.717, 1.165) is 13.0 Å². The molecule has 3 heteroatoms. The largest absolute Gasteiger partial charge is 0.480 e. The molecule has 12 heavy (non-hydrogen) atoms. The van der Waals surface area contributed by atoms with Gasteiger partial charge in [-0.25, -0.2) is 0 Å². The first-order valence-corrected chi connectivity index (χ1v) is 4.75. The molecule has 1 saturated carbocycles. The average Bonchev–Trinajstić information content (AvgIpc) is 2.47. The minimum Gasteiger partial charge on any atom is -0.480 e. The molecule has 1 aliphatic carbocycles. The molecule has 2 fully saturated rings. The van der Waals surface area contributed by atoms with Crippen LogP contribution in [0.1, 0.15) is 25.7 Å². The van der Waals surface area contributed by atoms with Crippen LogP contribution in [0, 0.1) is 11.8 Å². The van der Waals surface area contributed by atoms with Crippen molar-refractivity contribution in [3.05, 3.63) is 0 Å². The lowest BCUT2D eigenvalue weighted by Gasteiger charge is -2.26. The monoisotopic (exact) mass is 169 g/mol. The maximum atomic E-state index is 10.8. The Hall–Kier alpha value is -0.570. The molecule has 0 aromatic heterocycles. The van der Waals surface area contributed by atoms with Gasteiger partial charge >= 0.3 is 5.97 Å². The van der Waals surface area contributed by atoms with Gasteiger partial charge in [0.25, 0.3) is 0 Å². The molecule has 68 valence electrons. The molecule has 0 amide bonds. The van der Waals surface area contributed by atoms with Crippen molar-refractivity contribution in [1.29, 1.82) is 0 Å². The normalized spacial score (nSPS) is 40.8. The van der Waals surface area contributed by atoms with Crippen molar-refractivity contribution < 1.29 is 9.90 Å². The lowest BCUT2D eigenvalue weighted by Crippen LogP contribution is -2.36. The van der Waals surface area contributed by atoms with Gasteiger partial charge in [0.15, 0.2) is 0 Å². The molecule has 3 nitrogen and oxygen atoms in total. The van der Waals surface area contributed by atoms with Crippen LogP contribution < -0.4 is 5.32 Å². The van der Waals surface area contributed by atoms with Crippen LogP contribution in [0.25, 0.3) is 0 Å². The maximum absolute atomic E-state index is 10.8. The number of carboxylic acids is 1. The highest BCUT2D eigenvalue weighted by Gasteiger charge is 2.40. The van der Waals surface area contributed by atoms with Gasteiger partial charge < -0.3 is 10.4 Å². The molecule has 2 rings (SSSR count). The molecule has 0 aromatic carbocycles. The Bertz CT molecular complexity index is 193. The van der Waals surface area contributed by atoms with Crippen LogP contribution in [0.15, 0.2) is 0 Å². The van der Waals surface area contributed by atoms with E-state index < -0.39 is 5.97 Å². The molecule has 0 spiro atoms. The summed E-state index contributed by atoms with van der Waals surface area (Å²) in [5.74, 6) is 0.389. The molecular formula is C9H15NO2. The summed E-state index contributed by atoms with van der Waals surface area (Å²) in [6.07, 6.45) is 4.83. The lowest BCUT2D eigenvalue weighted by molar-refractivity contribution is -0.140. The Morgan fingerprint density at radius 2 is 2.08 bits per heavy atom. The van der Waals surface area contributed by atoms with Crippen LogP contribution >= 0.6 is 0 Å². The zero-order valence-electron chi connectivity index (χ0n) is 7.12. The van der Waals surface area contributed by atoms with Crippen molar-refractivity contribution in [2.45, 2.75) is 31.7 Å². The summed E-state index contributed by atoms with van der Waals surface area (Å²) in [6, 6.07) is -0.254. The van der Waals surface area contributed by atoms with Crippen LogP contribution in [-0.4, -0.2) is 23.7 Å². The number of carbonyl (C=O) groups is 1. The molecule has 1 unspecified atom stereocenters. The fourth-order valence-corrected chi connectivity index (χ4v) is 2.63. The van der Waals surface area contributed by atoms with Crippen LogP contribution in [-0.2, 0) is 4.79 Å². The number of nitrogens with one attached hydrogen (secondary N) is 1. The van der Waals surface area contributed by atoms with Gasteiger partial charge in [0.1, 0.15) is 6.04 Å². The van der Waals surface area contributed by atoms with E-state index >= 15 is 0 Å². The highest BCUT2D eigenvalue weighted by Crippen LogP contribution is 2.35. The van der Waals surface area contributed by atoms with Crippen molar-refractivity contribution in [3.63, 3.8) is 0 Å². The molecule has 0 radical (unpaired) electrons. The summed E-state index contributed by atoms with van der Waals surface area (Å²) in [4.78, 5) is 10.8. The van der Waals surface area contributed by atoms with E-state index in [1.807, 2.05) is 0 Å². The highest BCUT2D eigenvalue weighted by molar-refractivity contribution is 5.74. The first-order valence-electron chi connectivity index (χ1n) is 4.75. The van der Waals surface area contributed by atoms with E-state index in [0.29, 0.717) is 11.8 Å². The number of fused-ring (bicyclic) bond motifs is 1. The number of hydrogen-bond acceptors (Lipinski definition) is 2. The third kappa shape index (κ3) is 1.22. The van der Waals surface area contributed by atoms with Gasteiger partial charge in [-0.1, -0.05) is 12.8 Å². The van der Waals surface area contributed by atoms with Gasteiger partial charge in [0.2, 0.25) is 0 Å². The van der Waals surface area contributed by atoms with Gasteiger partial charge in [0, 0.05) is 0 Å². The Morgan fingerprint density at radius 1 is 1.33 bits per heavy atom. The van der Waals surface area contributed by atoms with E-state index in [2.05, 4.69) is 5.32 Å². The Morgan fingerprint density at radius 3 is 2.83 bits per heavy atom. The zero-order chi connectivity index (χ0) is 8.55. The quantitative estimate of drug-likeness (QED) is 0.611. The van der Waals surface area contributed by atoms with Crippen LogP contribution in [0.3, 0.4) is 0 Å². The summed E-state index contributed by atoms with van der Waals surface area (Å²) < 4.78 is 0. The SMILES string of the molecule is O=C(O)[C@@H]1NC[C@@H]2CCCCC21. The number of hydrogen-bond donors (Lipinski definition) is 2. The molecule has 1 saturated heterocycles. The summed E-state index contributed by atoms with van der Waals surface area (Å²) in [6.45, 7) is 0.918. The second kappa shape index (κ2) is 3.05. The fourth-order valence-electron chi connectivity index (χ4n) is 2.63. The van der Waals surface area contributed by atoms with Crippen molar-refractivity contribution in [1.82, 2.24) is 5.32 Å². The molecule has 3 atom stereocenters. The minimum absolute atomic E-state index is 0.254. The van der Waals surface area contributed by atoms with E-state index in [1.165, 1.54) is 19.3 Å². The lowest BCUT2D eigenvalue weighted by atomic mass is 9.78. The molecule has 0 aromatic rings. The number of carboxylic acid groups (broad SMARTS) is 1. The van der Waals surface area contributed by atoms with Crippen molar-refractivity contribution in [2.75, 3.05) is 6.54 Å². The van der Waals surface area contributed by atoms with Gasteiger partial charge in [0.05, 0.1) is 0 Å². The fraction of sp³-hybridized carbons (Fsp3) is 0.889. The molecule has 2 N–H and O–H groups in total. The third-order valence-corrected chi connectivity index (χ3v) is 3.26. The van der Waals surface area contributed by atoms with E-state index in [4.69, 9.17) is 5.11 Å². The number of aliphatic carboxylic acids is 1. The minimum atomic E-state index is -0.663. The van der Waals surface area contributed by atoms with E-state index in [9.17, 15) is 4.79 Å². The Labute approximate surface area is 72.2 Å². The molecular weight excluding hydrogens is 154 g/mol. The zero-order valence-corrected chi connectivity index (χ0v) is 7.12. The summed E-state index contributed by atoms with van der Waals surface area (Å²) in [5.41, 5.74) is 0. The van der Waals surface area contributed by atoms with Crippen molar-refractivity contribution >= 4 is 5.97 Å². The van der Waals surface area contributed by atoms with Crippen LogP contribution in [0.5, 0.6) is 0 Å². The van der Waals surface area contributed by atoms with Crippen molar-refractivity contribution in [2.24, 2.45) is 11.8 Å². The molecule has 1 aliphatic heterocycles. The van der Waals surface area contributed by atoms with Gasteiger partial charge in [-0.05, 0) is 31.2 Å². The van der Waals surface area contributed by atoms with Crippen LogP contribution in [0.2, 0.25) is 0 Å². The average molecular weight is 169 g/mol. The summed E-state index contributed by atoms with van der Waals surface area (Å²) in [5, 5.41) is 12.0. The standard InChI is InChI=1S/C9H15NO2/c11-9(12)8-7-4-2-1-3-6(7)5-10-8/h6-8,10H,1-5H2,(H,11,12)/t6-,7?,8+/m0/s1. The van der Waals surface area contributed by atoms with E-state index in [1.54, 1.807) is 0 Å². The second-order valence-electron chi connectivity index (χ2n) is 3.93. The smallest absolute Gasteiger partial charge is 0.320 e. The Balaban J connectivity index is 2.05. The topological polar surface area (TPSA) is 49.3 Å². The second-order valence-corrected chi connectivity index (χ2v) is 3.93. The van der Waals surface area contributed by atoms with Gasteiger partial charge in [-0.3, -0.25) is 4.79 Å². The van der Waals surface area contributed by atoms with Gasteiger partial charge in [-0.15, -0.1) is 0 Å².